The lowest BCUT2D eigenvalue weighted by molar-refractivity contribution is -0.120. The molecule has 2 nitrogen and oxygen atoms in total. The molecular formula is C11H12O2. The maximum Gasteiger partial charge on any atom is 0.165 e. The van der Waals surface area contributed by atoms with Gasteiger partial charge in [-0.25, -0.2) is 0 Å². The number of carbonyl (C=O) groups is 1. The Hall–Kier alpha value is -0.890. The first-order chi connectivity index (χ1) is 6.31. The number of rotatable bonds is 1. The fraction of sp³-hybridized carbons (Fsp3) is 0.545. The number of ketones is 1. The van der Waals surface area contributed by atoms with Crippen LogP contribution in [-0.4, -0.2) is 17.5 Å². The normalized spacial score (nSPS) is 45.6. The minimum atomic E-state index is -0.0781. The molecule has 0 aromatic rings. The predicted octanol–water partition coefficient (Wildman–Crippen LogP) is 0.926. The van der Waals surface area contributed by atoms with Gasteiger partial charge in [-0.2, -0.15) is 0 Å². The van der Waals surface area contributed by atoms with E-state index in [1.54, 1.807) is 0 Å². The SMILES string of the molecule is O=C1C(CO)=CC2C3C=CC(C3)C12. The minimum absolute atomic E-state index is 0.0781. The smallest absolute Gasteiger partial charge is 0.165 e. The topological polar surface area (TPSA) is 37.3 Å². The van der Waals surface area contributed by atoms with E-state index in [1.807, 2.05) is 6.08 Å². The van der Waals surface area contributed by atoms with Crippen LogP contribution in [-0.2, 0) is 4.79 Å². The van der Waals surface area contributed by atoms with E-state index in [0.717, 1.165) is 6.42 Å². The summed E-state index contributed by atoms with van der Waals surface area (Å²) in [5.41, 5.74) is 0.647. The molecule has 4 atom stereocenters. The molecule has 0 saturated heterocycles. The summed E-state index contributed by atoms with van der Waals surface area (Å²) in [6.07, 6.45) is 7.56. The highest BCUT2D eigenvalue weighted by atomic mass is 16.3. The van der Waals surface area contributed by atoms with Gasteiger partial charge in [0.1, 0.15) is 0 Å². The van der Waals surface area contributed by atoms with Crippen LogP contribution in [0.5, 0.6) is 0 Å². The number of Topliss-reactive ketones (excluding diaryl/α,β-unsaturated/α-hetero) is 1. The monoisotopic (exact) mass is 176 g/mol. The van der Waals surface area contributed by atoms with Gasteiger partial charge in [0.05, 0.1) is 6.61 Å². The third kappa shape index (κ3) is 0.792. The molecule has 0 radical (unpaired) electrons. The molecule has 2 bridgehead atoms. The number of allylic oxidation sites excluding steroid dienone is 3. The Morgan fingerprint density at radius 3 is 2.85 bits per heavy atom. The maximum absolute atomic E-state index is 11.7. The molecule has 13 heavy (non-hydrogen) atoms. The van der Waals surface area contributed by atoms with Gasteiger partial charge in [-0.15, -0.1) is 0 Å². The number of fused-ring (bicyclic) bond motifs is 5. The maximum atomic E-state index is 11.7. The van der Waals surface area contributed by atoms with Crippen molar-refractivity contribution in [3.63, 3.8) is 0 Å². The van der Waals surface area contributed by atoms with Gasteiger partial charge >= 0.3 is 0 Å². The first-order valence-corrected chi connectivity index (χ1v) is 4.85. The zero-order valence-corrected chi connectivity index (χ0v) is 7.31. The minimum Gasteiger partial charge on any atom is -0.392 e. The van der Waals surface area contributed by atoms with Gasteiger partial charge in [-0.05, 0) is 24.2 Å². The zero-order valence-electron chi connectivity index (χ0n) is 7.31. The van der Waals surface area contributed by atoms with E-state index >= 15 is 0 Å². The van der Waals surface area contributed by atoms with Crippen molar-refractivity contribution in [2.45, 2.75) is 6.42 Å². The Morgan fingerprint density at radius 1 is 1.38 bits per heavy atom. The van der Waals surface area contributed by atoms with Gasteiger partial charge in [0.25, 0.3) is 0 Å². The number of aliphatic hydroxyl groups is 1. The Kier molecular flexibility index (Phi) is 1.34. The van der Waals surface area contributed by atoms with Crippen molar-refractivity contribution in [1.29, 1.82) is 0 Å². The lowest BCUT2D eigenvalue weighted by Gasteiger charge is -2.17. The molecule has 0 aromatic heterocycles. The fourth-order valence-corrected chi connectivity index (χ4v) is 3.12. The predicted molar refractivity (Wildman–Crippen MR) is 47.9 cm³/mol. The van der Waals surface area contributed by atoms with Gasteiger partial charge in [0.15, 0.2) is 5.78 Å². The van der Waals surface area contributed by atoms with Crippen molar-refractivity contribution in [3.05, 3.63) is 23.8 Å². The molecule has 1 N–H and O–H groups in total. The van der Waals surface area contributed by atoms with Gasteiger partial charge < -0.3 is 5.11 Å². The molecule has 0 amide bonds. The van der Waals surface area contributed by atoms with E-state index < -0.39 is 0 Å². The lowest BCUT2D eigenvalue weighted by atomic mass is 9.85. The van der Waals surface area contributed by atoms with Crippen molar-refractivity contribution >= 4 is 5.78 Å². The Bertz CT molecular complexity index is 327. The van der Waals surface area contributed by atoms with Crippen LogP contribution in [0.3, 0.4) is 0 Å². The summed E-state index contributed by atoms with van der Waals surface area (Å²) in [6, 6.07) is 0. The molecule has 1 saturated carbocycles. The van der Waals surface area contributed by atoms with Crippen molar-refractivity contribution in [3.8, 4) is 0 Å². The Morgan fingerprint density at radius 2 is 2.15 bits per heavy atom. The molecule has 0 aliphatic heterocycles. The fourth-order valence-electron chi connectivity index (χ4n) is 3.12. The molecule has 0 spiro atoms. The van der Waals surface area contributed by atoms with Crippen LogP contribution in [0.1, 0.15) is 6.42 Å². The van der Waals surface area contributed by atoms with Crippen LogP contribution in [0.25, 0.3) is 0 Å². The molecule has 1 fully saturated rings. The van der Waals surface area contributed by atoms with Crippen molar-refractivity contribution in [2.75, 3.05) is 6.61 Å². The van der Waals surface area contributed by atoms with Gasteiger partial charge in [0.2, 0.25) is 0 Å². The highest BCUT2D eigenvalue weighted by Crippen LogP contribution is 2.52. The zero-order chi connectivity index (χ0) is 9.00. The van der Waals surface area contributed by atoms with Gasteiger partial charge in [-0.1, -0.05) is 18.2 Å². The van der Waals surface area contributed by atoms with Gasteiger partial charge in [0, 0.05) is 11.5 Å². The standard InChI is InChI=1S/C11H12O2/c12-5-8-4-9-6-1-2-7(3-6)10(9)11(8)13/h1-2,4,6-7,9-10,12H,3,5H2. The van der Waals surface area contributed by atoms with E-state index in [1.165, 1.54) is 0 Å². The number of hydrogen-bond donors (Lipinski definition) is 1. The quantitative estimate of drug-likeness (QED) is 0.603. The molecule has 3 aliphatic rings. The molecular weight excluding hydrogens is 164 g/mol. The number of carbonyl (C=O) groups excluding carboxylic acids is 1. The summed E-state index contributed by atoms with van der Waals surface area (Å²) in [6.45, 7) is -0.0781. The second-order valence-electron chi connectivity index (χ2n) is 4.27. The second-order valence-corrected chi connectivity index (χ2v) is 4.27. The van der Waals surface area contributed by atoms with Gasteiger partial charge in [-0.3, -0.25) is 4.79 Å². The van der Waals surface area contributed by atoms with Crippen LogP contribution in [0.2, 0.25) is 0 Å². The largest absolute Gasteiger partial charge is 0.392 e. The molecule has 68 valence electrons. The highest BCUT2D eigenvalue weighted by Gasteiger charge is 2.50. The van der Waals surface area contributed by atoms with E-state index in [9.17, 15) is 4.79 Å². The Balaban J connectivity index is 2.00. The third-order valence-electron chi connectivity index (χ3n) is 3.70. The van der Waals surface area contributed by atoms with Crippen LogP contribution >= 0.6 is 0 Å². The average Bonchev–Trinajstić information content (AvgIpc) is 2.76. The molecule has 0 heterocycles. The summed E-state index contributed by atoms with van der Waals surface area (Å²) in [5, 5.41) is 8.98. The molecule has 3 aliphatic carbocycles. The lowest BCUT2D eigenvalue weighted by Crippen LogP contribution is -2.21. The molecule has 4 unspecified atom stereocenters. The number of hydrogen-bond acceptors (Lipinski definition) is 2. The molecule has 2 heteroatoms. The van der Waals surface area contributed by atoms with Crippen LogP contribution in [0.4, 0.5) is 0 Å². The van der Waals surface area contributed by atoms with E-state index in [2.05, 4.69) is 12.2 Å². The van der Waals surface area contributed by atoms with Crippen LogP contribution < -0.4 is 0 Å². The highest BCUT2D eigenvalue weighted by molar-refractivity contribution is 6.01. The summed E-state index contributed by atoms with van der Waals surface area (Å²) in [7, 11) is 0. The average molecular weight is 176 g/mol. The van der Waals surface area contributed by atoms with E-state index in [-0.39, 0.29) is 18.3 Å². The van der Waals surface area contributed by atoms with Crippen LogP contribution in [0.15, 0.2) is 23.8 Å². The first-order valence-electron chi connectivity index (χ1n) is 4.85. The second kappa shape index (κ2) is 2.32. The number of aliphatic hydroxyl groups excluding tert-OH is 1. The molecule has 3 rings (SSSR count). The van der Waals surface area contributed by atoms with Crippen LogP contribution in [0, 0.1) is 23.7 Å². The summed E-state index contributed by atoms with van der Waals surface area (Å²) in [4.78, 5) is 11.7. The van der Waals surface area contributed by atoms with Crippen molar-refractivity contribution < 1.29 is 9.90 Å². The summed E-state index contributed by atoms with van der Waals surface area (Å²) < 4.78 is 0. The first kappa shape index (κ1) is 7.51. The van der Waals surface area contributed by atoms with Crippen molar-refractivity contribution in [2.24, 2.45) is 23.7 Å². The summed E-state index contributed by atoms with van der Waals surface area (Å²) in [5.74, 6) is 1.82. The van der Waals surface area contributed by atoms with Crippen molar-refractivity contribution in [1.82, 2.24) is 0 Å². The third-order valence-corrected chi connectivity index (χ3v) is 3.70. The Labute approximate surface area is 76.9 Å². The summed E-state index contributed by atoms with van der Waals surface area (Å²) >= 11 is 0. The van der Waals surface area contributed by atoms with E-state index in [0.29, 0.717) is 23.3 Å². The molecule has 0 aromatic carbocycles. The van der Waals surface area contributed by atoms with E-state index in [4.69, 9.17) is 5.11 Å².